The molecule has 0 aliphatic carbocycles. The zero-order chi connectivity index (χ0) is 29.3. The summed E-state index contributed by atoms with van der Waals surface area (Å²) in [5.41, 5.74) is 4.55. The highest BCUT2D eigenvalue weighted by atomic mass is 32.1. The third-order valence-electron chi connectivity index (χ3n) is 7.47. The summed E-state index contributed by atoms with van der Waals surface area (Å²) >= 11 is 1.48. The van der Waals surface area contributed by atoms with E-state index in [0.717, 1.165) is 52.6 Å². The summed E-state index contributed by atoms with van der Waals surface area (Å²) in [6.45, 7) is 16.5. The maximum absolute atomic E-state index is 13.5. The molecule has 3 aromatic carbocycles. The van der Waals surface area contributed by atoms with Crippen molar-refractivity contribution in [1.29, 1.82) is 0 Å². The van der Waals surface area contributed by atoms with E-state index in [-0.39, 0.29) is 12.0 Å². The minimum absolute atomic E-state index is 0.0343. The van der Waals surface area contributed by atoms with Crippen LogP contribution in [0.15, 0.2) is 60.9 Å². The van der Waals surface area contributed by atoms with Crippen LogP contribution in [0.3, 0.4) is 0 Å². The first-order valence-electron chi connectivity index (χ1n) is 14.1. The van der Waals surface area contributed by atoms with Gasteiger partial charge in [0.25, 0.3) is 0 Å². The number of allylic oxidation sites excluding steroid dienone is 1. The number of fused-ring (bicyclic) bond motifs is 4. The van der Waals surface area contributed by atoms with Crippen molar-refractivity contribution in [3.8, 4) is 5.75 Å². The van der Waals surface area contributed by atoms with Gasteiger partial charge in [0.05, 0.1) is 21.4 Å². The van der Waals surface area contributed by atoms with Gasteiger partial charge in [0.1, 0.15) is 23.1 Å². The number of thiazole rings is 1. The van der Waals surface area contributed by atoms with Gasteiger partial charge in [0, 0.05) is 35.8 Å². The highest BCUT2D eigenvalue weighted by molar-refractivity contribution is 7.19. The molecule has 1 aliphatic rings. The number of anilines is 1. The molecule has 7 heteroatoms. The molecule has 0 saturated carbocycles. The second kappa shape index (κ2) is 11.5. The smallest absolute Gasteiger partial charge is 0.340 e. The fourth-order valence-corrected chi connectivity index (χ4v) is 6.24. The molecule has 5 rings (SSSR count). The zero-order valence-electron chi connectivity index (χ0n) is 24.4. The van der Waals surface area contributed by atoms with Gasteiger partial charge < -0.3 is 14.4 Å². The van der Waals surface area contributed by atoms with E-state index in [2.05, 4.69) is 76.4 Å². The van der Waals surface area contributed by atoms with Crippen molar-refractivity contribution in [2.75, 3.05) is 24.6 Å². The molecular weight excluding hydrogens is 532 g/mol. The van der Waals surface area contributed by atoms with Crippen LogP contribution in [0.25, 0.3) is 32.1 Å². The average Bonchev–Trinajstić information content (AvgIpc) is 3.39. The summed E-state index contributed by atoms with van der Waals surface area (Å²) in [5, 5.41) is 2.77. The SMILES string of the molecule is C=C1Oc2cc(N(CC)CCCC)ccc2C(C(=O)OCC=O)=C1c1nc2c(ccc3cc(C(C)(C)C)ccc32)s1. The van der Waals surface area contributed by atoms with E-state index >= 15 is 0 Å². The van der Waals surface area contributed by atoms with Gasteiger partial charge in [-0.25, -0.2) is 9.78 Å². The van der Waals surface area contributed by atoms with Gasteiger partial charge in [-0.15, -0.1) is 11.3 Å². The van der Waals surface area contributed by atoms with Crippen LogP contribution in [-0.2, 0) is 19.7 Å². The predicted octanol–water partition coefficient (Wildman–Crippen LogP) is 7.93. The number of benzene rings is 3. The monoisotopic (exact) mass is 568 g/mol. The lowest BCUT2D eigenvalue weighted by Gasteiger charge is -2.27. The molecule has 0 atom stereocenters. The predicted molar refractivity (Wildman–Crippen MR) is 169 cm³/mol. The fourth-order valence-electron chi connectivity index (χ4n) is 5.19. The first kappa shape index (κ1) is 28.6. The molecule has 6 nitrogen and oxygen atoms in total. The number of carbonyl (C=O) groups is 2. The standard InChI is InChI=1S/C34H36N2O4S/c1-7-9-16-36(8-2)24-12-14-26-27(20-24)40-21(3)29(30(26)33(38)39-18-17-37)32-35-31-25-13-11-23(34(4,5)6)19-22(25)10-15-28(31)41-32/h10-15,17,19-20H,3,7-9,16,18H2,1-2,4-6H3. The van der Waals surface area contributed by atoms with Crippen molar-refractivity contribution in [3.63, 3.8) is 0 Å². The van der Waals surface area contributed by atoms with E-state index in [1.54, 1.807) is 0 Å². The summed E-state index contributed by atoms with van der Waals surface area (Å²) in [4.78, 5) is 31.8. The number of hydrogen-bond donors (Lipinski definition) is 0. The van der Waals surface area contributed by atoms with E-state index in [1.807, 2.05) is 18.2 Å². The number of ether oxygens (including phenoxy) is 2. The molecule has 212 valence electrons. The van der Waals surface area contributed by atoms with E-state index in [4.69, 9.17) is 14.5 Å². The Kier molecular flexibility index (Phi) is 8.00. The van der Waals surface area contributed by atoms with Crippen molar-refractivity contribution in [3.05, 3.63) is 77.0 Å². The highest BCUT2D eigenvalue weighted by Gasteiger charge is 2.32. The van der Waals surface area contributed by atoms with Gasteiger partial charge in [-0.05, 0) is 47.9 Å². The van der Waals surface area contributed by atoms with Crippen molar-refractivity contribution in [2.45, 2.75) is 52.9 Å². The minimum atomic E-state index is -0.609. The molecule has 0 N–H and O–H groups in total. The van der Waals surface area contributed by atoms with Gasteiger partial charge in [0.2, 0.25) is 0 Å². The van der Waals surface area contributed by atoms with Crippen LogP contribution in [-0.4, -0.2) is 36.9 Å². The van der Waals surface area contributed by atoms with E-state index in [0.29, 0.717) is 39.5 Å². The number of carbonyl (C=O) groups excluding carboxylic acids is 2. The summed E-state index contributed by atoms with van der Waals surface area (Å²) in [6, 6.07) is 16.5. The first-order chi connectivity index (χ1) is 19.7. The molecule has 0 saturated heterocycles. The molecule has 1 aromatic heterocycles. The number of rotatable bonds is 9. The van der Waals surface area contributed by atoms with Crippen molar-refractivity contribution >= 4 is 61.4 Å². The van der Waals surface area contributed by atoms with Crippen LogP contribution >= 0.6 is 11.3 Å². The average molecular weight is 569 g/mol. The lowest BCUT2D eigenvalue weighted by molar-refractivity contribution is -0.139. The molecule has 0 bridgehead atoms. The van der Waals surface area contributed by atoms with Crippen molar-refractivity contribution in [1.82, 2.24) is 4.98 Å². The van der Waals surface area contributed by atoms with Crippen molar-refractivity contribution < 1.29 is 19.1 Å². The number of esters is 1. The molecule has 0 fully saturated rings. The summed E-state index contributed by atoms with van der Waals surface area (Å²) in [5.74, 6) is 0.246. The Balaban J connectivity index is 1.66. The molecular formula is C34H36N2O4S. The number of aromatic nitrogens is 1. The molecule has 4 aromatic rings. The van der Waals surface area contributed by atoms with Gasteiger partial charge >= 0.3 is 5.97 Å². The first-order valence-corrected chi connectivity index (χ1v) is 14.9. The quantitative estimate of drug-likeness (QED) is 0.151. The van der Waals surface area contributed by atoms with Crippen LogP contribution in [0.1, 0.15) is 63.6 Å². The molecule has 0 radical (unpaired) electrons. The zero-order valence-corrected chi connectivity index (χ0v) is 25.2. The van der Waals surface area contributed by atoms with Gasteiger partial charge in [0.15, 0.2) is 6.29 Å². The maximum atomic E-state index is 13.5. The second-order valence-electron chi connectivity index (χ2n) is 11.3. The Labute approximate surface area is 245 Å². The Hall–Kier alpha value is -3.97. The van der Waals surface area contributed by atoms with Crippen LogP contribution in [0.5, 0.6) is 5.75 Å². The molecule has 1 aliphatic heterocycles. The fraction of sp³-hybridized carbons (Fsp3) is 0.324. The third-order valence-corrected chi connectivity index (χ3v) is 8.50. The molecule has 0 unspecified atom stereocenters. The summed E-state index contributed by atoms with van der Waals surface area (Å²) in [6.07, 6.45) is 2.75. The van der Waals surface area contributed by atoms with Gasteiger partial charge in [-0.1, -0.05) is 65.0 Å². The lowest BCUT2D eigenvalue weighted by atomic mass is 9.86. The Morgan fingerprint density at radius 1 is 1.12 bits per heavy atom. The van der Waals surface area contributed by atoms with Gasteiger partial charge in [-0.3, -0.25) is 4.79 Å². The minimum Gasteiger partial charge on any atom is -0.456 e. The molecule has 0 spiro atoms. The van der Waals surface area contributed by atoms with Crippen molar-refractivity contribution in [2.24, 2.45) is 0 Å². The van der Waals surface area contributed by atoms with E-state index in [1.165, 1.54) is 16.9 Å². The normalized spacial score (nSPS) is 13.3. The largest absolute Gasteiger partial charge is 0.456 e. The number of aldehydes is 1. The maximum Gasteiger partial charge on any atom is 0.340 e. The lowest BCUT2D eigenvalue weighted by Crippen LogP contribution is -2.24. The third kappa shape index (κ3) is 5.51. The highest BCUT2D eigenvalue weighted by Crippen LogP contribution is 2.46. The molecule has 2 heterocycles. The Morgan fingerprint density at radius 2 is 1.93 bits per heavy atom. The molecule has 41 heavy (non-hydrogen) atoms. The Bertz CT molecular complexity index is 1690. The van der Waals surface area contributed by atoms with Crippen LogP contribution < -0.4 is 9.64 Å². The summed E-state index contributed by atoms with van der Waals surface area (Å²) in [7, 11) is 0. The summed E-state index contributed by atoms with van der Waals surface area (Å²) < 4.78 is 12.6. The number of hydrogen-bond acceptors (Lipinski definition) is 7. The van der Waals surface area contributed by atoms with E-state index < -0.39 is 5.97 Å². The second-order valence-corrected chi connectivity index (χ2v) is 12.3. The molecule has 0 amide bonds. The van der Waals surface area contributed by atoms with Crippen LogP contribution in [0.4, 0.5) is 5.69 Å². The number of unbranched alkanes of at least 4 members (excludes halogenated alkanes) is 1. The van der Waals surface area contributed by atoms with Gasteiger partial charge in [-0.2, -0.15) is 0 Å². The number of nitrogens with zero attached hydrogens (tertiary/aromatic N) is 2. The Morgan fingerprint density at radius 3 is 2.63 bits per heavy atom. The van der Waals surface area contributed by atoms with E-state index in [9.17, 15) is 9.59 Å². The van der Waals surface area contributed by atoms with Crippen LogP contribution in [0.2, 0.25) is 0 Å². The topological polar surface area (TPSA) is 68.7 Å². The van der Waals surface area contributed by atoms with Crippen LogP contribution in [0, 0.1) is 0 Å².